The van der Waals surface area contributed by atoms with Gasteiger partial charge in [-0.2, -0.15) is 5.26 Å². The predicted octanol–water partition coefficient (Wildman–Crippen LogP) is 2.02. The number of halogens is 2. The zero-order valence-corrected chi connectivity index (χ0v) is 13.6. The topological polar surface area (TPSA) is 73.6 Å². The molecule has 1 saturated heterocycles. The smallest absolute Gasteiger partial charge is 0.251 e. The van der Waals surface area contributed by atoms with E-state index in [0.29, 0.717) is 24.3 Å². The number of carbonyl (C=O) groups excluding carboxylic acids is 1. The molecule has 1 unspecified atom stereocenters. The molecule has 1 N–H and O–H groups in total. The molecule has 5 nitrogen and oxygen atoms in total. The molecular formula is C15H16BrFN2O3. The molecule has 0 aromatic heterocycles. The van der Waals surface area contributed by atoms with E-state index in [1.807, 2.05) is 6.07 Å². The van der Waals surface area contributed by atoms with Crippen LogP contribution in [0, 0.1) is 11.3 Å². The lowest BCUT2D eigenvalue weighted by Gasteiger charge is -2.35. The maximum Gasteiger partial charge on any atom is 0.251 e. The Morgan fingerprint density at radius 1 is 1.64 bits per heavy atom. The number of nitriles is 1. The van der Waals surface area contributed by atoms with Gasteiger partial charge >= 0.3 is 0 Å². The number of aliphatic hydroxyl groups excluding tert-OH is 1. The van der Waals surface area contributed by atoms with Gasteiger partial charge in [-0.15, -0.1) is 0 Å². The first-order valence-corrected chi connectivity index (χ1v) is 7.69. The van der Waals surface area contributed by atoms with Gasteiger partial charge in [-0.25, -0.2) is 4.39 Å². The Kier molecular flexibility index (Phi) is 5.37. The molecule has 0 radical (unpaired) electrons. The molecular weight excluding hydrogens is 355 g/mol. The maximum absolute atomic E-state index is 14.2. The minimum Gasteiger partial charge on any atom is -0.486 e. The summed E-state index contributed by atoms with van der Waals surface area (Å²) in [6, 6.07) is 6.95. The van der Waals surface area contributed by atoms with E-state index in [4.69, 9.17) is 10.00 Å². The lowest BCUT2D eigenvalue weighted by Crippen LogP contribution is -2.51. The van der Waals surface area contributed by atoms with E-state index in [-0.39, 0.29) is 6.54 Å². The van der Waals surface area contributed by atoms with Gasteiger partial charge in [-0.1, -0.05) is 15.9 Å². The van der Waals surface area contributed by atoms with Crippen LogP contribution in [0.4, 0.5) is 4.39 Å². The second-order valence-corrected chi connectivity index (χ2v) is 6.09. The zero-order valence-electron chi connectivity index (χ0n) is 12.0. The summed E-state index contributed by atoms with van der Waals surface area (Å²) in [7, 11) is 0. The van der Waals surface area contributed by atoms with Crippen LogP contribution in [0.25, 0.3) is 0 Å². The van der Waals surface area contributed by atoms with Crippen LogP contribution in [-0.4, -0.2) is 47.4 Å². The average molecular weight is 371 g/mol. The Morgan fingerprint density at radius 2 is 2.36 bits per heavy atom. The van der Waals surface area contributed by atoms with Crippen molar-refractivity contribution < 1.29 is 19.0 Å². The summed E-state index contributed by atoms with van der Waals surface area (Å²) in [6.45, 7) is 1.55. The van der Waals surface area contributed by atoms with Crippen molar-refractivity contribution in [3.8, 4) is 11.8 Å². The standard InChI is InChI=1S/C15H16BrFN2O3/c1-9(20)15(21)19-5-4-14(12(17)8-19)22-13-3-2-11(16)6-10(13)7-18/h2-3,6,9,12,14,20H,4-5,8H2,1H3/t9?,12-,14+/m1/s1. The fourth-order valence-electron chi connectivity index (χ4n) is 2.34. The largest absolute Gasteiger partial charge is 0.486 e. The van der Waals surface area contributed by atoms with Crippen LogP contribution in [-0.2, 0) is 4.79 Å². The van der Waals surface area contributed by atoms with Gasteiger partial charge in [0.1, 0.15) is 24.0 Å². The number of alkyl halides is 1. The molecule has 0 aliphatic carbocycles. The van der Waals surface area contributed by atoms with E-state index >= 15 is 0 Å². The highest BCUT2D eigenvalue weighted by molar-refractivity contribution is 9.10. The molecule has 1 fully saturated rings. The second-order valence-electron chi connectivity index (χ2n) is 5.17. The number of aliphatic hydroxyl groups is 1. The molecule has 1 heterocycles. The van der Waals surface area contributed by atoms with Gasteiger partial charge in [0.15, 0.2) is 6.17 Å². The molecule has 1 aromatic rings. The number of piperidine rings is 1. The molecule has 0 saturated carbocycles. The zero-order chi connectivity index (χ0) is 16.3. The number of ether oxygens (including phenoxy) is 1. The van der Waals surface area contributed by atoms with Gasteiger partial charge in [0.05, 0.1) is 12.1 Å². The van der Waals surface area contributed by atoms with Crippen molar-refractivity contribution in [2.75, 3.05) is 13.1 Å². The SMILES string of the molecule is CC(O)C(=O)N1CC[C@H](Oc2ccc(Br)cc2C#N)[C@H](F)C1. The predicted molar refractivity (Wildman–Crippen MR) is 81.0 cm³/mol. The molecule has 118 valence electrons. The van der Waals surface area contributed by atoms with Crippen LogP contribution in [0.5, 0.6) is 5.75 Å². The Hall–Kier alpha value is -1.65. The molecule has 1 aliphatic heterocycles. The van der Waals surface area contributed by atoms with E-state index in [2.05, 4.69) is 15.9 Å². The van der Waals surface area contributed by atoms with Crippen LogP contribution in [0.3, 0.4) is 0 Å². The molecule has 22 heavy (non-hydrogen) atoms. The third kappa shape index (κ3) is 3.76. The maximum atomic E-state index is 14.2. The summed E-state index contributed by atoms with van der Waals surface area (Å²) in [6.07, 6.45) is -2.92. The van der Waals surface area contributed by atoms with Gasteiger partial charge in [-0.05, 0) is 25.1 Å². The number of hydrogen-bond acceptors (Lipinski definition) is 4. The summed E-state index contributed by atoms with van der Waals surface area (Å²) >= 11 is 3.26. The summed E-state index contributed by atoms with van der Waals surface area (Å²) in [5.41, 5.74) is 0.323. The van der Waals surface area contributed by atoms with Crippen LogP contribution in [0.2, 0.25) is 0 Å². The number of amides is 1. The van der Waals surface area contributed by atoms with Crippen LogP contribution in [0.15, 0.2) is 22.7 Å². The van der Waals surface area contributed by atoms with Crippen molar-refractivity contribution in [3.05, 3.63) is 28.2 Å². The van der Waals surface area contributed by atoms with Gasteiger partial charge in [-0.3, -0.25) is 4.79 Å². The van der Waals surface area contributed by atoms with Gasteiger partial charge < -0.3 is 14.7 Å². The fraction of sp³-hybridized carbons (Fsp3) is 0.467. The van der Waals surface area contributed by atoms with Crippen LogP contribution >= 0.6 is 15.9 Å². The first-order valence-electron chi connectivity index (χ1n) is 6.89. The number of carbonyl (C=O) groups is 1. The number of benzene rings is 1. The Balaban J connectivity index is 2.04. The second kappa shape index (κ2) is 7.07. The summed E-state index contributed by atoms with van der Waals surface area (Å²) < 4.78 is 20.6. The third-order valence-corrected chi connectivity index (χ3v) is 3.98. The van der Waals surface area contributed by atoms with Crippen LogP contribution in [0.1, 0.15) is 18.9 Å². The van der Waals surface area contributed by atoms with Crippen molar-refractivity contribution in [2.45, 2.75) is 31.7 Å². The summed E-state index contributed by atoms with van der Waals surface area (Å²) in [5.74, 6) is -0.156. The number of rotatable bonds is 3. The van der Waals surface area contributed by atoms with Crippen molar-refractivity contribution in [1.82, 2.24) is 4.90 Å². The molecule has 1 amide bonds. The lowest BCUT2D eigenvalue weighted by molar-refractivity contribution is -0.143. The Labute approximate surface area is 136 Å². The number of likely N-dealkylation sites (tertiary alicyclic amines) is 1. The minimum atomic E-state index is -1.37. The van der Waals surface area contributed by atoms with E-state index in [9.17, 15) is 14.3 Å². The lowest BCUT2D eigenvalue weighted by atomic mass is 10.0. The van der Waals surface area contributed by atoms with Gasteiger partial charge in [0, 0.05) is 17.4 Å². The summed E-state index contributed by atoms with van der Waals surface area (Å²) in [4.78, 5) is 13.0. The van der Waals surface area contributed by atoms with E-state index in [1.165, 1.54) is 11.8 Å². The normalized spacial score (nSPS) is 22.8. The molecule has 0 bridgehead atoms. The molecule has 0 spiro atoms. The Bertz CT molecular complexity index is 603. The highest BCUT2D eigenvalue weighted by Crippen LogP contribution is 2.27. The first kappa shape index (κ1) is 16.7. The van der Waals surface area contributed by atoms with Crippen molar-refractivity contribution in [2.24, 2.45) is 0 Å². The van der Waals surface area contributed by atoms with E-state index < -0.39 is 24.3 Å². The highest BCUT2D eigenvalue weighted by atomic mass is 79.9. The van der Waals surface area contributed by atoms with Crippen molar-refractivity contribution >= 4 is 21.8 Å². The Morgan fingerprint density at radius 3 is 2.95 bits per heavy atom. The van der Waals surface area contributed by atoms with Crippen LogP contribution < -0.4 is 4.74 Å². The quantitative estimate of drug-likeness (QED) is 0.883. The molecule has 2 rings (SSSR count). The van der Waals surface area contributed by atoms with E-state index in [1.54, 1.807) is 18.2 Å². The summed E-state index contributed by atoms with van der Waals surface area (Å²) in [5, 5.41) is 18.4. The first-order chi connectivity index (χ1) is 10.4. The minimum absolute atomic E-state index is 0.118. The molecule has 1 aromatic carbocycles. The number of hydrogen-bond donors (Lipinski definition) is 1. The highest BCUT2D eigenvalue weighted by Gasteiger charge is 2.34. The fourth-order valence-corrected chi connectivity index (χ4v) is 2.70. The van der Waals surface area contributed by atoms with E-state index in [0.717, 1.165) is 4.47 Å². The van der Waals surface area contributed by atoms with Crippen molar-refractivity contribution in [3.63, 3.8) is 0 Å². The average Bonchev–Trinajstić information content (AvgIpc) is 2.49. The molecule has 7 heteroatoms. The monoisotopic (exact) mass is 370 g/mol. The van der Waals surface area contributed by atoms with Gasteiger partial charge in [0.25, 0.3) is 5.91 Å². The van der Waals surface area contributed by atoms with Crippen molar-refractivity contribution in [1.29, 1.82) is 5.26 Å². The molecule has 1 aliphatic rings. The molecule has 3 atom stereocenters. The number of nitrogens with zero attached hydrogens (tertiary/aromatic N) is 2. The third-order valence-electron chi connectivity index (χ3n) is 3.49. The van der Waals surface area contributed by atoms with Gasteiger partial charge in [0.2, 0.25) is 0 Å².